The molecule has 19 heavy (non-hydrogen) atoms. The smallest absolute Gasteiger partial charge is 0.255 e. The number of halogens is 1. The first-order valence-corrected chi connectivity index (χ1v) is 6.54. The van der Waals surface area contributed by atoms with Crippen LogP contribution in [0, 0.1) is 6.92 Å². The number of nitrogens with two attached hydrogens (primary N) is 1. The van der Waals surface area contributed by atoms with E-state index in [1.54, 1.807) is 18.2 Å². The van der Waals surface area contributed by atoms with Gasteiger partial charge in [-0.1, -0.05) is 12.1 Å². The van der Waals surface area contributed by atoms with Gasteiger partial charge in [0.15, 0.2) is 0 Å². The highest BCUT2D eigenvalue weighted by molar-refractivity contribution is 9.10. The second kappa shape index (κ2) is 5.86. The quantitative estimate of drug-likeness (QED) is 0.600. The molecule has 0 aliphatic rings. The molecule has 0 saturated heterocycles. The van der Waals surface area contributed by atoms with E-state index in [1.165, 1.54) is 0 Å². The fourth-order valence-corrected chi connectivity index (χ4v) is 2.11. The van der Waals surface area contributed by atoms with Gasteiger partial charge in [0.25, 0.3) is 5.91 Å². The summed E-state index contributed by atoms with van der Waals surface area (Å²) in [7, 11) is 0. The van der Waals surface area contributed by atoms with Gasteiger partial charge in [0.1, 0.15) is 0 Å². The minimum atomic E-state index is -0.154. The van der Waals surface area contributed by atoms with Crippen molar-refractivity contribution in [3.05, 3.63) is 58.1 Å². The molecular formula is C14H14BrN3O. The molecule has 0 fully saturated rings. The average molecular weight is 320 g/mol. The maximum Gasteiger partial charge on any atom is 0.255 e. The third-order valence-electron chi connectivity index (χ3n) is 2.77. The van der Waals surface area contributed by atoms with Crippen molar-refractivity contribution in [2.75, 3.05) is 10.7 Å². The molecule has 2 aromatic carbocycles. The highest BCUT2D eigenvalue weighted by Gasteiger charge is 2.09. The lowest BCUT2D eigenvalue weighted by molar-refractivity contribution is 0.102. The van der Waals surface area contributed by atoms with Crippen molar-refractivity contribution in [1.29, 1.82) is 0 Å². The van der Waals surface area contributed by atoms with Crippen LogP contribution in [0.15, 0.2) is 46.9 Å². The number of hydrogen-bond acceptors (Lipinski definition) is 3. The molecule has 2 rings (SSSR count). The van der Waals surface area contributed by atoms with Gasteiger partial charge in [0.2, 0.25) is 0 Å². The van der Waals surface area contributed by atoms with Crippen molar-refractivity contribution in [2.24, 2.45) is 5.84 Å². The molecule has 0 unspecified atom stereocenters. The van der Waals surface area contributed by atoms with Crippen LogP contribution in [0.4, 0.5) is 11.4 Å². The predicted octanol–water partition coefficient (Wildman–Crippen LogP) is 3.30. The summed E-state index contributed by atoms with van der Waals surface area (Å²) in [6.07, 6.45) is 0. The summed E-state index contributed by atoms with van der Waals surface area (Å²) in [5.41, 5.74) is 5.63. The molecule has 4 N–H and O–H groups in total. The van der Waals surface area contributed by atoms with Gasteiger partial charge >= 0.3 is 0 Å². The topological polar surface area (TPSA) is 67.2 Å². The van der Waals surface area contributed by atoms with E-state index in [2.05, 4.69) is 26.7 Å². The third kappa shape index (κ3) is 3.13. The first-order valence-electron chi connectivity index (χ1n) is 5.75. The lowest BCUT2D eigenvalue weighted by Gasteiger charge is -2.09. The second-order valence-electron chi connectivity index (χ2n) is 4.11. The molecule has 2 aromatic rings. The third-order valence-corrected chi connectivity index (χ3v) is 3.46. The summed E-state index contributed by atoms with van der Waals surface area (Å²) in [6, 6.07) is 12.8. The normalized spacial score (nSPS) is 10.1. The SMILES string of the molecule is Cc1cc(C(=O)Nc2ccccc2Br)ccc1NN. The number of benzene rings is 2. The number of amides is 1. The summed E-state index contributed by atoms with van der Waals surface area (Å²) >= 11 is 3.39. The first kappa shape index (κ1) is 13.6. The van der Waals surface area contributed by atoms with Gasteiger partial charge in [-0.15, -0.1) is 0 Å². The number of hydrogen-bond donors (Lipinski definition) is 3. The van der Waals surface area contributed by atoms with Crippen LogP contribution in [0.1, 0.15) is 15.9 Å². The standard InChI is InChI=1S/C14H14BrN3O/c1-9-8-10(6-7-12(9)18-16)14(19)17-13-5-3-2-4-11(13)15/h2-8,18H,16H2,1H3,(H,17,19). The van der Waals surface area contributed by atoms with Crippen molar-refractivity contribution in [3.8, 4) is 0 Å². The monoisotopic (exact) mass is 319 g/mol. The first-order chi connectivity index (χ1) is 9.11. The van der Waals surface area contributed by atoms with E-state index in [9.17, 15) is 4.79 Å². The summed E-state index contributed by atoms with van der Waals surface area (Å²) < 4.78 is 0.848. The molecule has 0 aliphatic heterocycles. The van der Waals surface area contributed by atoms with Gasteiger partial charge in [0, 0.05) is 10.0 Å². The fourth-order valence-electron chi connectivity index (χ4n) is 1.72. The number of aryl methyl sites for hydroxylation is 1. The Morgan fingerprint density at radius 1 is 1.16 bits per heavy atom. The van der Waals surface area contributed by atoms with E-state index in [0.717, 1.165) is 21.4 Å². The molecule has 0 heterocycles. The maximum atomic E-state index is 12.1. The molecule has 5 heteroatoms. The van der Waals surface area contributed by atoms with Crippen LogP contribution in [-0.2, 0) is 0 Å². The Morgan fingerprint density at radius 3 is 2.53 bits per heavy atom. The van der Waals surface area contributed by atoms with Crippen molar-refractivity contribution in [1.82, 2.24) is 0 Å². The number of nitrogen functional groups attached to an aromatic ring is 1. The summed E-state index contributed by atoms with van der Waals surface area (Å²) in [6.45, 7) is 1.89. The average Bonchev–Trinajstić information content (AvgIpc) is 2.41. The molecule has 98 valence electrons. The number of para-hydroxylation sites is 1. The zero-order valence-corrected chi connectivity index (χ0v) is 12.0. The van der Waals surface area contributed by atoms with E-state index in [-0.39, 0.29) is 5.91 Å². The largest absolute Gasteiger partial charge is 0.324 e. The number of anilines is 2. The Labute approximate surface area is 120 Å². The lowest BCUT2D eigenvalue weighted by atomic mass is 10.1. The molecule has 0 saturated carbocycles. The minimum Gasteiger partial charge on any atom is -0.324 e. The van der Waals surface area contributed by atoms with E-state index in [1.807, 2.05) is 31.2 Å². The Hall–Kier alpha value is -1.85. The van der Waals surface area contributed by atoms with Crippen LogP contribution in [0.25, 0.3) is 0 Å². The molecule has 0 bridgehead atoms. The van der Waals surface area contributed by atoms with Crippen molar-refractivity contribution in [2.45, 2.75) is 6.92 Å². The van der Waals surface area contributed by atoms with E-state index >= 15 is 0 Å². The van der Waals surface area contributed by atoms with Gasteiger partial charge in [-0.2, -0.15) is 0 Å². The molecule has 0 aromatic heterocycles. The zero-order valence-electron chi connectivity index (χ0n) is 10.4. The maximum absolute atomic E-state index is 12.1. The van der Waals surface area contributed by atoms with Gasteiger partial charge in [-0.05, 0) is 58.7 Å². The summed E-state index contributed by atoms with van der Waals surface area (Å²) in [5.74, 6) is 5.21. The van der Waals surface area contributed by atoms with Crippen molar-refractivity contribution in [3.63, 3.8) is 0 Å². The number of carbonyl (C=O) groups is 1. The molecule has 0 atom stereocenters. The molecule has 4 nitrogen and oxygen atoms in total. The molecule has 1 amide bonds. The summed E-state index contributed by atoms with van der Waals surface area (Å²) in [4.78, 5) is 12.1. The van der Waals surface area contributed by atoms with Crippen molar-refractivity contribution >= 4 is 33.2 Å². The Bertz CT molecular complexity index is 613. The predicted molar refractivity (Wildman–Crippen MR) is 81.1 cm³/mol. The highest BCUT2D eigenvalue weighted by Crippen LogP contribution is 2.22. The van der Waals surface area contributed by atoms with Gasteiger partial charge < -0.3 is 10.7 Å². The van der Waals surface area contributed by atoms with Crippen LogP contribution in [0.5, 0.6) is 0 Å². The number of hydrazine groups is 1. The van der Waals surface area contributed by atoms with Crippen LogP contribution in [0.2, 0.25) is 0 Å². The molecule has 0 spiro atoms. The second-order valence-corrected chi connectivity index (χ2v) is 4.96. The van der Waals surface area contributed by atoms with Gasteiger partial charge in [-0.3, -0.25) is 10.6 Å². The van der Waals surface area contributed by atoms with Crippen LogP contribution in [-0.4, -0.2) is 5.91 Å². The lowest BCUT2D eigenvalue weighted by Crippen LogP contribution is -2.13. The fraction of sp³-hybridized carbons (Fsp3) is 0.0714. The van der Waals surface area contributed by atoms with E-state index in [0.29, 0.717) is 5.56 Å². The molecular weight excluding hydrogens is 306 g/mol. The number of carbonyl (C=O) groups excluding carboxylic acids is 1. The van der Waals surface area contributed by atoms with Crippen LogP contribution < -0.4 is 16.6 Å². The Kier molecular flexibility index (Phi) is 4.19. The van der Waals surface area contributed by atoms with Gasteiger partial charge in [0.05, 0.1) is 11.4 Å². The summed E-state index contributed by atoms with van der Waals surface area (Å²) in [5, 5.41) is 2.85. The van der Waals surface area contributed by atoms with Crippen LogP contribution in [0.3, 0.4) is 0 Å². The minimum absolute atomic E-state index is 0.154. The van der Waals surface area contributed by atoms with E-state index < -0.39 is 0 Å². The molecule has 0 aliphatic carbocycles. The Balaban J connectivity index is 2.21. The highest BCUT2D eigenvalue weighted by atomic mass is 79.9. The molecule has 0 radical (unpaired) electrons. The van der Waals surface area contributed by atoms with Gasteiger partial charge in [-0.25, -0.2) is 0 Å². The van der Waals surface area contributed by atoms with Crippen LogP contribution >= 0.6 is 15.9 Å². The van der Waals surface area contributed by atoms with E-state index in [4.69, 9.17) is 5.84 Å². The van der Waals surface area contributed by atoms with Crippen molar-refractivity contribution < 1.29 is 4.79 Å². The Morgan fingerprint density at radius 2 is 1.89 bits per heavy atom. The number of rotatable bonds is 3. The number of nitrogens with one attached hydrogen (secondary N) is 2. The zero-order chi connectivity index (χ0) is 13.8.